The Morgan fingerprint density at radius 2 is 1.78 bits per heavy atom. The van der Waals surface area contributed by atoms with E-state index in [4.69, 9.17) is 13.9 Å². The summed E-state index contributed by atoms with van der Waals surface area (Å²) in [5.74, 6) is 2.32. The molecule has 0 atom stereocenters. The monoisotopic (exact) mass is 309 g/mol. The molecule has 0 aliphatic heterocycles. The standard InChI is InChI=1S/C18H15NO4/c1-12-11-16(13(2)21-12)18(20)23-15-8-6-14(7-9-15)22-17-5-3-4-10-19-17/h3-11H,1-2H3. The fourth-order valence-electron chi connectivity index (χ4n) is 2.10. The Kier molecular flexibility index (Phi) is 4.10. The summed E-state index contributed by atoms with van der Waals surface area (Å²) in [5.41, 5.74) is 0.427. The predicted octanol–water partition coefficient (Wildman–Crippen LogP) is 4.30. The van der Waals surface area contributed by atoms with Crippen molar-refractivity contribution < 1.29 is 18.7 Å². The molecular weight excluding hydrogens is 294 g/mol. The van der Waals surface area contributed by atoms with Crippen molar-refractivity contribution in [3.8, 4) is 17.4 Å². The van der Waals surface area contributed by atoms with E-state index in [0.717, 1.165) is 0 Å². The summed E-state index contributed by atoms with van der Waals surface area (Å²) in [6.07, 6.45) is 1.65. The van der Waals surface area contributed by atoms with Crippen LogP contribution in [0.4, 0.5) is 0 Å². The third-order valence-electron chi connectivity index (χ3n) is 3.16. The smallest absolute Gasteiger partial charge is 0.347 e. The SMILES string of the molecule is Cc1cc(C(=O)Oc2ccc(Oc3ccccn3)cc2)c(C)o1. The Morgan fingerprint density at radius 3 is 2.39 bits per heavy atom. The average Bonchev–Trinajstić information content (AvgIpc) is 2.89. The van der Waals surface area contributed by atoms with Gasteiger partial charge in [0.2, 0.25) is 5.88 Å². The van der Waals surface area contributed by atoms with Gasteiger partial charge in [0.15, 0.2) is 0 Å². The van der Waals surface area contributed by atoms with Gasteiger partial charge in [0.25, 0.3) is 0 Å². The molecule has 0 spiro atoms. The molecule has 5 nitrogen and oxygen atoms in total. The summed E-state index contributed by atoms with van der Waals surface area (Å²) in [6.45, 7) is 3.51. The Morgan fingerprint density at radius 1 is 1.04 bits per heavy atom. The maximum absolute atomic E-state index is 12.1. The number of aromatic nitrogens is 1. The number of hydrogen-bond acceptors (Lipinski definition) is 5. The molecule has 0 aliphatic rings. The first kappa shape index (κ1) is 14.8. The van der Waals surface area contributed by atoms with E-state index >= 15 is 0 Å². The van der Waals surface area contributed by atoms with Crippen LogP contribution in [0, 0.1) is 13.8 Å². The Balaban J connectivity index is 1.68. The minimum Gasteiger partial charge on any atom is -0.466 e. The van der Waals surface area contributed by atoms with Gasteiger partial charge < -0.3 is 13.9 Å². The summed E-state index contributed by atoms with van der Waals surface area (Å²) in [6, 6.07) is 13.8. The van der Waals surface area contributed by atoms with Crippen molar-refractivity contribution in [1.29, 1.82) is 0 Å². The highest BCUT2D eigenvalue weighted by molar-refractivity contribution is 5.92. The first-order chi connectivity index (χ1) is 11.1. The van der Waals surface area contributed by atoms with Gasteiger partial charge in [0.05, 0.1) is 0 Å². The second kappa shape index (κ2) is 6.36. The van der Waals surface area contributed by atoms with Gasteiger partial charge >= 0.3 is 5.97 Å². The van der Waals surface area contributed by atoms with Gasteiger partial charge in [-0.25, -0.2) is 9.78 Å². The molecule has 0 amide bonds. The quantitative estimate of drug-likeness (QED) is 0.531. The lowest BCUT2D eigenvalue weighted by Crippen LogP contribution is -2.08. The summed E-state index contributed by atoms with van der Waals surface area (Å²) in [7, 11) is 0. The van der Waals surface area contributed by atoms with E-state index in [9.17, 15) is 4.79 Å². The first-order valence-electron chi connectivity index (χ1n) is 7.10. The van der Waals surface area contributed by atoms with E-state index in [1.807, 2.05) is 12.1 Å². The summed E-state index contributed by atoms with van der Waals surface area (Å²) >= 11 is 0. The highest BCUT2D eigenvalue weighted by atomic mass is 16.5. The maximum Gasteiger partial charge on any atom is 0.347 e. The molecule has 116 valence electrons. The van der Waals surface area contributed by atoms with E-state index in [1.165, 1.54) is 0 Å². The summed E-state index contributed by atoms with van der Waals surface area (Å²) in [4.78, 5) is 16.2. The van der Waals surface area contributed by atoms with Gasteiger partial charge in [-0.2, -0.15) is 0 Å². The molecule has 2 heterocycles. The van der Waals surface area contributed by atoms with E-state index in [-0.39, 0.29) is 0 Å². The number of carbonyl (C=O) groups excluding carboxylic acids is 1. The average molecular weight is 309 g/mol. The third kappa shape index (κ3) is 3.58. The van der Waals surface area contributed by atoms with Crippen LogP contribution in [0.15, 0.2) is 59.1 Å². The van der Waals surface area contributed by atoms with Crippen LogP contribution in [0.5, 0.6) is 17.4 Å². The van der Waals surface area contributed by atoms with Gasteiger partial charge in [0.1, 0.15) is 28.6 Å². The van der Waals surface area contributed by atoms with Crippen molar-refractivity contribution in [3.63, 3.8) is 0 Å². The molecule has 5 heteroatoms. The lowest BCUT2D eigenvalue weighted by Gasteiger charge is -2.06. The van der Waals surface area contributed by atoms with E-state index in [0.29, 0.717) is 34.5 Å². The van der Waals surface area contributed by atoms with Crippen molar-refractivity contribution in [2.24, 2.45) is 0 Å². The molecule has 0 unspecified atom stereocenters. The highest BCUT2D eigenvalue weighted by Gasteiger charge is 2.15. The minimum absolute atomic E-state index is 0.427. The normalized spacial score (nSPS) is 10.3. The van der Waals surface area contributed by atoms with Crippen LogP contribution < -0.4 is 9.47 Å². The van der Waals surface area contributed by atoms with Gasteiger partial charge in [-0.05, 0) is 50.2 Å². The Bertz CT molecular complexity index is 807. The fraction of sp³-hybridized carbons (Fsp3) is 0.111. The van der Waals surface area contributed by atoms with Crippen LogP contribution in [0.3, 0.4) is 0 Å². The van der Waals surface area contributed by atoms with Crippen molar-refractivity contribution in [3.05, 3.63) is 71.8 Å². The summed E-state index contributed by atoms with van der Waals surface area (Å²) < 4.78 is 16.2. The summed E-state index contributed by atoms with van der Waals surface area (Å²) in [5, 5.41) is 0. The lowest BCUT2D eigenvalue weighted by molar-refractivity contribution is 0.0733. The molecule has 0 fully saturated rings. The van der Waals surface area contributed by atoms with Crippen LogP contribution in [0.1, 0.15) is 21.9 Å². The highest BCUT2D eigenvalue weighted by Crippen LogP contribution is 2.23. The van der Waals surface area contributed by atoms with Crippen LogP contribution in [-0.2, 0) is 0 Å². The van der Waals surface area contributed by atoms with Crippen molar-refractivity contribution in [2.45, 2.75) is 13.8 Å². The van der Waals surface area contributed by atoms with Gasteiger partial charge in [0, 0.05) is 12.3 Å². The van der Waals surface area contributed by atoms with Gasteiger partial charge in [-0.1, -0.05) is 6.07 Å². The topological polar surface area (TPSA) is 61.6 Å². The number of esters is 1. The molecule has 3 aromatic rings. The number of nitrogens with zero attached hydrogens (tertiary/aromatic N) is 1. The van der Waals surface area contributed by atoms with Crippen molar-refractivity contribution in [1.82, 2.24) is 4.98 Å². The molecule has 3 rings (SSSR count). The maximum atomic E-state index is 12.1. The molecule has 2 aromatic heterocycles. The second-order valence-corrected chi connectivity index (χ2v) is 4.96. The third-order valence-corrected chi connectivity index (χ3v) is 3.16. The number of pyridine rings is 1. The van der Waals surface area contributed by atoms with E-state index in [2.05, 4.69) is 4.98 Å². The molecule has 0 N–H and O–H groups in total. The number of hydrogen-bond donors (Lipinski definition) is 0. The zero-order valence-corrected chi connectivity index (χ0v) is 12.8. The fourth-order valence-corrected chi connectivity index (χ4v) is 2.10. The number of benzene rings is 1. The lowest BCUT2D eigenvalue weighted by atomic mass is 10.2. The molecule has 0 saturated heterocycles. The van der Waals surface area contributed by atoms with Gasteiger partial charge in [-0.3, -0.25) is 0 Å². The number of ether oxygens (including phenoxy) is 2. The van der Waals surface area contributed by atoms with E-state index < -0.39 is 5.97 Å². The second-order valence-electron chi connectivity index (χ2n) is 4.96. The molecule has 1 aromatic carbocycles. The first-order valence-corrected chi connectivity index (χ1v) is 7.10. The van der Waals surface area contributed by atoms with Crippen LogP contribution >= 0.6 is 0 Å². The molecule has 0 saturated carbocycles. The molecular formula is C18H15NO4. The molecule has 0 aliphatic carbocycles. The van der Waals surface area contributed by atoms with Crippen LogP contribution in [0.25, 0.3) is 0 Å². The Labute approximate surface area is 133 Å². The molecule has 23 heavy (non-hydrogen) atoms. The largest absolute Gasteiger partial charge is 0.466 e. The van der Waals surface area contributed by atoms with Crippen LogP contribution in [0.2, 0.25) is 0 Å². The predicted molar refractivity (Wildman–Crippen MR) is 83.9 cm³/mol. The zero-order chi connectivity index (χ0) is 16.2. The number of aryl methyl sites for hydroxylation is 2. The van der Waals surface area contributed by atoms with Crippen LogP contribution in [-0.4, -0.2) is 11.0 Å². The number of rotatable bonds is 4. The molecule has 0 radical (unpaired) electrons. The minimum atomic E-state index is -0.447. The zero-order valence-electron chi connectivity index (χ0n) is 12.8. The van der Waals surface area contributed by atoms with Gasteiger partial charge in [-0.15, -0.1) is 0 Å². The van der Waals surface area contributed by atoms with Crippen molar-refractivity contribution in [2.75, 3.05) is 0 Å². The van der Waals surface area contributed by atoms with Crippen molar-refractivity contribution >= 4 is 5.97 Å². The number of furan rings is 1. The van der Waals surface area contributed by atoms with E-state index in [1.54, 1.807) is 56.4 Å². The Hall–Kier alpha value is -3.08. The molecule has 0 bridgehead atoms. The number of carbonyl (C=O) groups is 1.